The molecule has 0 aromatic carbocycles. The quantitative estimate of drug-likeness (QED) is 0.567. The molecule has 0 aliphatic carbocycles. The van der Waals surface area contributed by atoms with E-state index in [1.54, 1.807) is 0 Å². The van der Waals surface area contributed by atoms with Crippen LogP contribution < -0.4 is 18.9 Å². The van der Waals surface area contributed by atoms with Gasteiger partial charge in [-0.25, -0.2) is 6.08 Å². The zero-order chi connectivity index (χ0) is 18.3. The zero-order valence-corrected chi connectivity index (χ0v) is 20.0. The predicted octanol–water partition coefficient (Wildman–Crippen LogP) is 2.51. The number of rotatable bonds is 4. The van der Waals surface area contributed by atoms with Gasteiger partial charge >= 0.3 is 18.9 Å². The summed E-state index contributed by atoms with van der Waals surface area (Å²) in [6.45, 7) is 24.8. The molecule has 0 spiro atoms. The van der Waals surface area contributed by atoms with Gasteiger partial charge in [0.05, 0.1) is 12.2 Å². The maximum Gasteiger partial charge on any atom is 1.00 e. The van der Waals surface area contributed by atoms with Gasteiger partial charge in [0.1, 0.15) is 6.10 Å². The second kappa shape index (κ2) is 8.02. The zero-order valence-electron chi connectivity index (χ0n) is 18.0. The molecule has 1 rings (SSSR count). The van der Waals surface area contributed by atoms with Gasteiger partial charge in [-0.15, -0.1) is 0 Å². The Morgan fingerprint density at radius 1 is 0.875 bits per heavy atom. The average Bonchev–Trinajstić information content (AvgIpc) is 2.30. The van der Waals surface area contributed by atoms with Crippen LogP contribution >= 0.6 is 0 Å². The molecule has 1 aliphatic heterocycles. The third-order valence-electron chi connectivity index (χ3n) is 5.75. The van der Waals surface area contributed by atoms with E-state index in [0.29, 0.717) is 0 Å². The maximum absolute atomic E-state index is 6.67. The molecular formula is C18H37LiO3Si2. The van der Waals surface area contributed by atoms with Crippen LogP contribution in [0.2, 0.25) is 36.3 Å². The minimum Gasteiger partial charge on any atom is -0.689 e. The Hall–Kier alpha value is 0.491. The van der Waals surface area contributed by atoms with Crippen LogP contribution in [-0.4, -0.2) is 34.9 Å². The van der Waals surface area contributed by atoms with Crippen molar-refractivity contribution in [3.63, 3.8) is 0 Å². The van der Waals surface area contributed by atoms with E-state index in [1.165, 1.54) is 0 Å². The standard InChI is InChI=1S/C18H37O3Si2.Li/c1-14-16(21-23(10,11)18(5,6)7)15(12-13-19-14)20-22(8,9)17(2,3)4;/h12,14-16H,1-11H3;/q-1;+1/t14-,15-,16-;/m0./s1. The second-order valence-electron chi connectivity index (χ2n) is 9.79. The maximum atomic E-state index is 6.67. The summed E-state index contributed by atoms with van der Waals surface area (Å²) in [5.41, 5.74) is 0. The molecule has 3 nitrogen and oxygen atoms in total. The van der Waals surface area contributed by atoms with Gasteiger partial charge in [-0.1, -0.05) is 41.5 Å². The van der Waals surface area contributed by atoms with Crippen LogP contribution in [0.3, 0.4) is 0 Å². The summed E-state index contributed by atoms with van der Waals surface area (Å²) in [6.07, 6.45) is 4.66. The Kier molecular flexibility index (Phi) is 8.18. The third kappa shape index (κ3) is 5.75. The molecule has 0 bridgehead atoms. The Morgan fingerprint density at radius 3 is 1.71 bits per heavy atom. The van der Waals surface area contributed by atoms with Crippen molar-refractivity contribution in [1.82, 2.24) is 0 Å². The van der Waals surface area contributed by atoms with Crippen LogP contribution in [0.1, 0.15) is 48.5 Å². The molecule has 24 heavy (non-hydrogen) atoms. The van der Waals surface area contributed by atoms with Crippen molar-refractivity contribution < 1.29 is 32.4 Å². The van der Waals surface area contributed by atoms with E-state index in [4.69, 9.17) is 13.6 Å². The normalized spacial score (nSPS) is 25.9. The van der Waals surface area contributed by atoms with Gasteiger partial charge < -0.3 is 19.9 Å². The topological polar surface area (TPSA) is 27.7 Å². The minimum absolute atomic E-state index is 0. The van der Waals surface area contributed by atoms with Crippen LogP contribution in [-0.2, 0) is 13.6 Å². The SMILES string of the molecule is C[C@@H]1O[C-]=C[C@H](O[Si](C)(C)C(C)(C)C)[C@H]1O[Si](C)(C)C(C)(C)C.[Li+]. The third-order valence-corrected chi connectivity index (χ3v) is 14.7. The molecular weight excluding hydrogens is 327 g/mol. The molecule has 3 atom stereocenters. The summed E-state index contributed by atoms with van der Waals surface area (Å²) in [7, 11) is -3.77. The van der Waals surface area contributed by atoms with Gasteiger partial charge in [0.15, 0.2) is 16.6 Å². The van der Waals surface area contributed by atoms with E-state index < -0.39 is 16.6 Å². The number of ether oxygens (including phenoxy) is 1. The van der Waals surface area contributed by atoms with Crippen molar-refractivity contribution in [3.05, 3.63) is 12.3 Å². The smallest absolute Gasteiger partial charge is 0.689 e. The summed E-state index contributed by atoms with van der Waals surface area (Å²) >= 11 is 0. The summed E-state index contributed by atoms with van der Waals surface area (Å²) < 4.78 is 18.9. The largest absolute Gasteiger partial charge is 1.00 e. The second-order valence-corrected chi connectivity index (χ2v) is 19.3. The van der Waals surface area contributed by atoms with E-state index in [2.05, 4.69) is 80.9 Å². The molecule has 0 fully saturated rings. The first-order valence-electron chi connectivity index (χ1n) is 8.69. The van der Waals surface area contributed by atoms with Gasteiger partial charge in [0, 0.05) is 0 Å². The summed E-state index contributed by atoms with van der Waals surface area (Å²) in [5, 5.41) is 0.336. The van der Waals surface area contributed by atoms with Gasteiger partial charge in [0.2, 0.25) is 0 Å². The molecule has 0 amide bonds. The molecule has 1 heterocycles. The Balaban J connectivity index is 0.00000529. The fourth-order valence-electron chi connectivity index (χ4n) is 1.94. The Labute approximate surface area is 164 Å². The van der Waals surface area contributed by atoms with Crippen LogP contribution in [0.25, 0.3) is 0 Å². The van der Waals surface area contributed by atoms with E-state index in [0.717, 1.165) is 0 Å². The van der Waals surface area contributed by atoms with Gasteiger partial charge in [0.25, 0.3) is 0 Å². The molecule has 0 N–H and O–H groups in total. The van der Waals surface area contributed by atoms with Crippen LogP contribution in [0.5, 0.6) is 0 Å². The van der Waals surface area contributed by atoms with Crippen molar-refractivity contribution >= 4 is 16.6 Å². The first-order chi connectivity index (χ1) is 10.1. The first-order valence-corrected chi connectivity index (χ1v) is 14.5. The van der Waals surface area contributed by atoms with Crippen LogP contribution in [0, 0.1) is 6.26 Å². The molecule has 6 heteroatoms. The van der Waals surface area contributed by atoms with Crippen LogP contribution in [0.4, 0.5) is 0 Å². The molecule has 136 valence electrons. The van der Waals surface area contributed by atoms with Crippen molar-refractivity contribution in [1.29, 1.82) is 0 Å². The monoisotopic (exact) mass is 364 g/mol. The van der Waals surface area contributed by atoms with Crippen LogP contribution in [0.15, 0.2) is 6.08 Å². The molecule has 0 radical (unpaired) electrons. The fourth-order valence-corrected chi connectivity index (χ4v) is 4.54. The van der Waals surface area contributed by atoms with E-state index >= 15 is 0 Å². The van der Waals surface area contributed by atoms with E-state index in [1.807, 2.05) is 6.08 Å². The Morgan fingerprint density at radius 2 is 1.29 bits per heavy atom. The van der Waals surface area contributed by atoms with E-state index in [9.17, 15) is 0 Å². The van der Waals surface area contributed by atoms with Gasteiger partial charge in [-0.2, -0.15) is 0 Å². The number of hydrogen-bond donors (Lipinski definition) is 0. The molecule has 0 unspecified atom stereocenters. The first kappa shape index (κ1) is 24.5. The number of hydrogen-bond acceptors (Lipinski definition) is 3. The van der Waals surface area contributed by atoms with Gasteiger partial charge in [-0.3, -0.25) is 0 Å². The average molecular weight is 365 g/mol. The molecule has 1 aliphatic rings. The van der Waals surface area contributed by atoms with Crippen molar-refractivity contribution in [2.45, 2.75) is 103 Å². The van der Waals surface area contributed by atoms with Crippen molar-refractivity contribution in [2.24, 2.45) is 0 Å². The summed E-state index contributed by atoms with van der Waals surface area (Å²) in [5.74, 6) is 0. The minimum atomic E-state index is -1.89. The molecule has 0 aromatic heterocycles. The molecule has 0 saturated carbocycles. The summed E-state index contributed by atoms with van der Waals surface area (Å²) in [4.78, 5) is 0. The van der Waals surface area contributed by atoms with E-state index in [-0.39, 0.29) is 47.2 Å². The fraction of sp³-hybridized carbons (Fsp3) is 0.889. The van der Waals surface area contributed by atoms with Crippen molar-refractivity contribution in [2.75, 3.05) is 0 Å². The molecule has 0 aromatic rings. The summed E-state index contributed by atoms with van der Waals surface area (Å²) in [6, 6.07) is 0. The molecule has 0 saturated heterocycles. The Bertz CT molecular complexity index is 437. The van der Waals surface area contributed by atoms with Gasteiger partial charge in [-0.05, 0) is 43.2 Å². The van der Waals surface area contributed by atoms with Crippen molar-refractivity contribution in [3.8, 4) is 0 Å². The predicted molar refractivity (Wildman–Crippen MR) is 103 cm³/mol.